The molecular weight excluding hydrogens is 479 g/mol. The molecule has 0 radical (unpaired) electrons. The summed E-state index contributed by atoms with van der Waals surface area (Å²) in [6, 6.07) is 7.88. The summed E-state index contributed by atoms with van der Waals surface area (Å²) >= 11 is 17.7. The molecule has 3 rings (SSSR count). The molecule has 0 unspecified atom stereocenters. The molecule has 6 nitrogen and oxygen atoms in total. The van der Waals surface area contributed by atoms with Crippen LogP contribution in [0.5, 0.6) is 0 Å². The van der Waals surface area contributed by atoms with E-state index >= 15 is 0 Å². The molecule has 0 aromatic heterocycles. The highest BCUT2D eigenvalue weighted by Crippen LogP contribution is 2.33. The van der Waals surface area contributed by atoms with Crippen molar-refractivity contribution in [2.45, 2.75) is 42.0 Å². The largest absolute Gasteiger partial charge is 0.280 e. The quantitative estimate of drug-likeness (QED) is 0.589. The van der Waals surface area contributed by atoms with Crippen LogP contribution in [0.15, 0.2) is 46.2 Å². The molecule has 1 aliphatic heterocycles. The van der Waals surface area contributed by atoms with Gasteiger partial charge in [-0.3, -0.25) is 4.72 Å². The average Bonchev–Trinajstić information content (AvgIpc) is 2.65. The smallest absolute Gasteiger partial charge is 0.263 e. The van der Waals surface area contributed by atoms with E-state index in [-0.39, 0.29) is 36.6 Å². The second kappa shape index (κ2) is 8.61. The number of hydrogen-bond donors (Lipinski definition) is 1. The molecule has 1 fully saturated rings. The van der Waals surface area contributed by atoms with E-state index < -0.39 is 20.0 Å². The zero-order valence-electron chi connectivity index (χ0n) is 15.4. The molecule has 0 saturated carbocycles. The van der Waals surface area contributed by atoms with Crippen molar-refractivity contribution < 1.29 is 16.8 Å². The van der Waals surface area contributed by atoms with E-state index in [4.69, 9.17) is 34.8 Å². The highest BCUT2D eigenvalue weighted by molar-refractivity contribution is 7.92. The van der Waals surface area contributed by atoms with Gasteiger partial charge in [0.15, 0.2) is 0 Å². The fraction of sp³-hybridized carbons (Fsp3) is 0.333. The van der Waals surface area contributed by atoms with Gasteiger partial charge in [0.2, 0.25) is 10.0 Å². The van der Waals surface area contributed by atoms with Crippen molar-refractivity contribution in [2.75, 3.05) is 11.3 Å². The van der Waals surface area contributed by atoms with E-state index in [0.29, 0.717) is 6.54 Å². The lowest BCUT2D eigenvalue weighted by molar-refractivity contribution is 0.268. The molecule has 1 N–H and O–H groups in total. The lowest BCUT2D eigenvalue weighted by atomic mass is 10.1. The van der Waals surface area contributed by atoms with Gasteiger partial charge in [-0.15, -0.1) is 0 Å². The molecule has 0 bridgehead atoms. The monoisotopic (exact) mass is 496 g/mol. The van der Waals surface area contributed by atoms with Crippen LogP contribution in [-0.2, 0) is 20.0 Å². The van der Waals surface area contributed by atoms with Crippen molar-refractivity contribution in [3.8, 4) is 0 Å². The van der Waals surface area contributed by atoms with Crippen LogP contribution in [0.2, 0.25) is 15.1 Å². The molecule has 0 spiro atoms. The van der Waals surface area contributed by atoms with Crippen LogP contribution in [0, 0.1) is 0 Å². The zero-order valence-corrected chi connectivity index (χ0v) is 19.3. The van der Waals surface area contributed by atoms with E-state index in [1.807, 2.05) is 6.92 Å². The molecule has 158 valence electrons. The third kappa shape index (κ3) is 4.84. The Morgan fingerprint density at radius 2 is 1.55 bits per heavy atom. The average molecular weight is 498 g/mol. The van der Waals surface area contributed by atoms with Crippen LogP contribution >= 0.6 is 34.8 Å². The Kier molecular flexibility index (Phi) is 6.72. The summed E-state index contributed by atoms with van der Waals surface area (Å²) < 4.78 is 54.9. The fourth-order valence-corrected chi connectivity index (χ4v) is 6.94. The van der Waals surface area contributed by atoms with Crippen LogP contribution in [0.4, 0.5) is 5.69 Å². The molecular formula is C18H19Cl3N2O4S2. The molecule has 29 heavy (non-hydrogen) atoms. The van der Waals surface area contributed by atoms with Crippen molar-refractivity contribution in [3.63, 3.8) is 0 Å². The first-order valence-corrected chi connectivity index (χ1v) is 12.9. The van der Waals surface area contributed by atoms with Crippen LogP contribution in [0.1, 0.15) is 26.2 Å². The summed E-state index contributed by atoms with van der Waals surface area (Å²) in [5, 5.41) is 0.107. The molecule has 1 aliphatic rings. The Bertz CT molecular complexity index is 1120. The van der Waals surface area contributed by atoms with Crippen LogP contribution in [0.25, 0.3) is 0 Å². The SMILES string of the molecule is C[C@H]1CCCCN1S(=O)(=O)c1ccc(NS(=O)(=O)c2cc(Cl)c(Cl)cc2Cl)cc1. The number of hydrogen-bond acceptors (Lipinski definition) is 4. The standard InChI is InChI=1S/C18H19Cl3N2O4S2/c1-12-4-2-3-9-23(12)29(26,27)14-7-5-13(6-8-14)22-28(24,25)18-11-16(20)15(19)10-17(18)21/h5-8,10-12,22H,2-4,9H2,1H3/t12-/m0/s1. The molecule has 1 atom stereocenters. The number of anilines is 1. The van der Waals surface area contributed by atoms with Crippen molar-refractivity contribution in [3.05, 3.63) is 51.5 Å². The minimum absolute atomic E-state index is 0.0496. The van der Waals surface area contributed by atoms with Gasteiger partial charge >= 0.3 is 0 Å². The Balaban J connectivity index is 1.84. The van der Waals surface area contributed by atoms with E-state index in [2.05, 4.69) is 4.72 Å². The lowest BCUT2D eigenvalue weighted by Crippen LogP contribution is -2.41. The first kappa shape index (κ1) is 22.7. The Labute approximate surface area is 185 Å². The minimum atomic E-state index is -4.05. The van der Waals surface area contributed by atoms with Gasteiger partial charge in [0, 0.05) is 18.3 Å². The number of piperidine rings is 1. The molecule has 2 aromatic rings. The molecule has 1 heterocycles. The fourth-order valence-electron chi connectivity index (χ4n) is 3.18. The summed E-state index contributed by atoms with van der Waals surface area (Å²) in [5.41, 5.74) is 0.192. The van der Waals surface area contributed by atoms with Crippen LogP contribution in [-0.4, -0.2) is 33.7 Å². The lowest BCUT2D eigenvalue weighted by Gasteiger charge is -2.32. The Morgan fingerprint density at radius 1 is 0.931 bits per heavy atom. The van der Waals surface area contributed by atoms with Gasteiger partial charge < -0.3 is 0 Å². The summed E-state index contributed by atoms with van der Waals surface area (Å²) in [6.45, 7) is 2.37. The van der Waals surface area contributed by atoms with Crippen LogP contribution in [0.3, 0.4) is 0 Å². The van der Waals surface area contributed by atoms with E-state index in [1.165, 1.54) is 34.6 Å². The molecule has 0 amide bonds. The number of sulfonamides is 2. The number of nitrogens with one attached hydrogen (secondary N) is 1. The maximum atomic E-state index is 12.9. The normalized spacial score (nSPS) is 18.6. The van der Waals surface area contributed by atoms with Crippen molar-refractivity contribution in [1.82, 2.24) is 4.31 Å². The molecule has 11 heteroatoms. The van der Waals surface area contributed by atoms with Gasteiger partial charge in [-0.25, -0.2) is 16.8 Å². The number of nitrogens with zero attached hydrogens (tertiary/aromatic N) is 1. The zero-order chi connectivity index (χ0) is 21.4. The summed E-state index contributed by atoms with van der Waals surface area (Å²) in [6.07, 6.45) is 2.65. The minimum Gasteiger partial charge on any atom is -0.280 e. The maximum Gasteiger partial charge on any atom is 0.263 e. The predicted octanol–water partition coefficient (Wildman–Crippen LogP) is 5.01. The van der Waals surface area contributed by atoms with Gasteiger partial charge in [-0.05, 0) is 56.2 Å². The number of rotatable bonds is 5. The van der Waals surface area contributed by atoms with Crippen molar-refractivity contribution in [2.24, 2.45) is 0 Å². The van der Waals surface area contributed by atoms with E-state index in [1.54, 1.807) is 0 Å². The summed E-state index contributed by atoms with van der Waals surface area (Å²) in [5.74, 6) is 0. The van der Waals surface area contributed by atoms with Gasteiger partial charge in [-0.1, -0.05) is 41.2 Å². The van der Waals surface area contributed by atoms with Crippen molar-refractivity contribution in [1.29, 1.82) is 0 Å². The number of halogens is 3. The maximum absolute atomic E-state index is 12.9. The molecule has 2 aromatic carbocycles. The van der Waals surface area contributed by atoms with Gasteiger partial charge in [0.25, 0.3) is 10.0 Å². The highest BCUT2D eigenvalue weighted by Gasteiger charge is 2.31. The predicted molar refractivity (Wildman–Crippen MR) is 116 cm³/mol. The van der Waals surface area contributed by atoms with Gasteiger partial charge in [0.05, 0.1) is 20.0 Å². The highest BCUT2D eigenvalue weighted by atomic mass is 35.5. The summed E-state index contributed by atoms with van der Waals surface area (Å²) in [4.78, 5) is -0.117. The third-order valence-electron chi connectivity index (χ3n) is 4.72. The third-order valence-corrected chi connectivity index (χ3v) is 9.32. The first-order valence-electron chi connectivity index (χ1n) is 8.81. The van der Waals surface area contributed by atoms with Gasteiger partial charge in [0.1, 0.15) is 4.90 Å². The van der Waals surface area contributed by atoms with Gasteiger partial charge in [-0.2, -0.15) is 4.31 Å². The van der Waals surface area contributed by atoms with Crippen molar-refractivity contribution >= 4 is 60.5 Å². The second-order valence-corrected chi connectivity index (χ2v) is 11.6. The second-order valence-electron chi connectivity index (χ2n) is 6.79. The van der Waals surface area contributed by atoms with Crippen LogP contribution < -0.4 is 4.72 Å². The topological polar surface area (TPSA) is 83.6 Å². The van der Waals surface area contributed by atoms with E-state index in [0.717, 1.165) is 25.3 Å². The molecule has 1 saturated heterocycles. The first-order chi connectivity index (χ1) is 13.5. The Hall–Kier alpha value is -1.03. The number of benzene rings is 2. The Morgan fingerprint density at radius 3 is 2.17 bits per heavy atom. The van der Waals surface area contributed by atoms with E-state index in [9.17, 15) is 16.8 Å². The summed E-state index contributed by atoms with van der Waals surface area (Å²) in [7, 11) is -7.68. The molecule has 0 aliphatic carbocycles.